The van der Waals surface area contributed by atoms with Crippen LogP contribution >= 0.6 is 0 Å². The summed E-state index contributed by atoms with van der Waals surface area (Å²) in [6.07, 6.45) is 5.49. The summed E-state index contributed by atoms with van der Waals surface area (Å²) in [5.41, 5.74) is 0.751. The van der Waals surface area contributed by atoms with Crippen LogP contribution in [0.5, 0.6) is 0 Å². The van der Waals surface area contributed by atoms with Gasteiger partial charge in [-0.25, -0.2) is 9.97 Å². The molecule has 1 aromatic heterocycles. The predicted octanol–water partition coefficient (Wildman–Crippen LogP) is 1.02. The Kier molecular flexibility index (Phi) is 2.89. The van der Waals surface area contributed by atoms with E-state index in [9.17, 15) is 9.90 Å². The maximum absolute atomic E-state index is 11.1. The summed E-state index contributed by atoms with van der Waals surface area (Å²) in [5.74, 6) is -0.891. The number of carbonyl (C=O) groups is 1. The van der Waals surface area contributed by atoms with E-state index in [1.54, 1.807) is 12.4 Å². The Morgan fingerprint density at radius 3 is 2.24 bits per heavy atom. The lowest BCUT2D eigenvalue weighted by molar-refractivity contribution is -0.309. The van der Waals surface area contributed by atoms with Gasteiger partial charge in [0.1, 0.15) is 5.82 Å². The molecule has 0 N–H and O–H groups in total. The van der Waals surface area contributed by atoms with Gasteiger partial charge in [0.05, 0.1) is 0 Å². The summed E-state index contributed by atoms with van der Waals surface area (Å²) >= 11 is 0. The van der Waals surface area contributed by atoms with Crippen LogP contribution in [0.4, 0.5) is 0 Å². The monoisotopic (exact) mass is 233 g/mol. The number of nitrogens with zero attached hydrogens (tertiary/aromatic N) is 2. The molecule has 0 aromatic carbocycles. The largest absolute Gasteiger partial charge is 0.549 e. The van der Waals surface area contributed by atoms with E-state index in [0.29, 0.717) is 5.56 Å². The van der Waals surface area contributed by atoms with E-state index in [-0.39, 0.29) is 11.3 Å². The second kappa shape index (κ2) is 4.09. The molecule has 1 fully saturated rings. The molecule has 0 bridgehead atoms. The van der Waals surface area contributed by atoms with Crippen LogP contribution < -0.4 is 5.11 Å². The van der Waals surface area contributed by atoms with Crippen molar-refractivity contribution in [2.75, 3.05) is 0 Å². The highest BCUT2D eigenvalue weighted by atomic mass is 16.4. The molecule has 0 spiro atoms. The third-order valence-corrected chi connectivity index (χ3v) is 3.49. The van der Waals surface area contributed by atoms with Crippen LogP contribution in [-0.4, -0.2) is 15.9 Å². The van der Waals surface area contributed by atoms with Crippen LogP contribution in [0.25, 0.3) is 0 Å². The van der Waals surface area contributed by atoms with E-state index in [0.717, 1.165) is 18.7 Å². The highest BCUT2D eigenvalue weighted by molar-refractivity contribution is 5.74. The summed E-state index contributed by atoms with van der Waals surface area (Å²) in [4.78, 5) is 19.7. The second-order valence-electron chi connectivity index (χ2n) is 5.44. The van der Waals surface area contributed by atoms with Crippen molar-refractivity contribution in [1.29, 1.82) is 0 Å². The molecule has 1 heterocycles. The number of hydrogen-bond donors (Lipinski definition) is 0. The Bertz CT molecular complexity index is 422. The van der Waals surface area contributed by atoms with Crippen molar-refractivity contribution >= 4 is 5.97 Å². The lowest BCUT2D eigenvalue weighted by Crippen LogP contribution is -2.33. The average Bonchev–Trinajstić information content (AvgIpc) is 2.97. The van der Waals surface area contributed by atoms with Gasteiger partial charge in [0.15, 0.2) is 0 Å². The van der Waals surface area contributed by atoms with Crippen LogP contribution in [0.15, 0.2) is 12.4 Å². The third kappa shape index (κ3) is 2.30. The van der Waals surface area contributed by atoms with Crippen molar-refractivity contribution < 1.29 is 9.90 Å². The molecule has 4 nitrogen and oxygen atoms in total. The average molecular weight is 233 g/mol. The van der Waals surface area contributed by atoms with Gasteiger partial charge in [-0.05, 0) is 24.3 Å². The molecular formula is C13H17N2O2-. The molecule has 92 valence electrons. The SMILES string of the molecule is CC(C)C(C(=O)[O-])c1cnc(C2(C)CC2)nc1. The Morgan fingerprint density at radius 1 is 1.35 bits per heavy atom. The van der Waals surface area contributed by atoms with Gasteiger partial charge in [0, 0.05) is 29.7 Å². The molecule has 1 aliphatic carbocycles. The Morgan fingerprint density at radius 2 is 1.88 bits per heavy atom. The molecule has 0 aliphatic heterocycles. The van der Waals surface area contributed by atoms with Gasteiger partial charge in [-0.1, -0.05) is 20.8 Å². The van der Waals surface area contributed by atoms with Crippen molar-refractivity contribution in [2.45, 2.75) is 44.9 Å². The van der Waals surface area contributed by atoms with Crippen molar-refractivity contribution in [3.05, 3.63) is 23.8 Å². The number of hydrogen-bond acceptors (Lipinski definition) is 4. The highest BCUT2D eigenvalue weighted by Crippen LogP contribution is 2.45. The minimum atomic E-state index is -1.06. The first-order chi connectivity index (χ1) is 7.94. The van der Waals surface area contributed by atoms with Crippen LogP contribution in [0.3, 0.4) is 0 Å². The zero-order valence-corrected chi connectivity index (χ0v) is 10.4. The molecular weight excluding hydrogens is 216 g/mol. The van der Waals surface area contributed by atoms with Gasteiger partial charge in [0.2, 0.25) is 0 Å². The summed E-state index contributed by atoms with van der Waals surface area (Å²) in [7, 11) is 0. The van der Waals surface area contributed by atoms with Crippen molar-refractivity contribution in [2.24, 2.45) is 5.92 Å². The molecule has 1 unspecified atom stereocenters. The second-order valence-corrected chi connectivity index (χ2v) is 5.44. The molecule has 4 heteroatoms. The Labute approximate surface area is 101 Å². The third-order valence-electron chi connectivity index (χ3n) is 3.49. The summed E-state index contributed by atoms with van der Waals surface area (Å²) in [6.45, 7) is 5.84. The lowest BCUT2D eigenvalue weighted by atomic mass is 9.90. The molecule has 17 heavy (non-hydrogen) atoms. The molecule has 1 aromatic rings. The normalized spacial score (nSPS) is 19.1. The molecule has 0 amide bonds. The number of carbonyl (C=O) groups excluding carboxylic acids is 1. The van der Waals surface area contributed by atoms with E-state index in [1.807, 2.05) is 13.8 Å². The molecule has 1 aliphatic rings. The van der Waals surface area contributed by atoms with Crippen LogP contribution in [0, 0.1) is 5.92 Å². The minimum Gasteiger partial charge on any atom is -0.549 e. The quantitative estimate of drug-likeness (QED) is 0.778. The highest BCUT2D eigenvalue weighted by Gasteiger charge is 2.41. The first-order valence-corrected chi connectivity index (χ1v) is 5.97. The van der Waals surface area contributed by atoms with Crippen molar-refractivity contribution in [1.82, 2.24) is 9.97 Å². The van der Waals surface area contributed by atoms with Crippen LogP contribution in [0.1, 0.15) is 50.9 Å². The Balaban J connectivity index is 2.24. The maximum atomic E-state index is 11.1. The smallest absolute Gasteiger partial charge is 0.134 e. The van der Waals surface area contributed by atoms with Gasteiger partial charge >= 0.3 is 0 Å². The predicted molar refractivity (Wildman–Crippen MR) is 61.2 cm³/mol. The number of carboxylic acid groups (broad SMARTS) is 1. The maximum Gasteiger partial charge on any atom is 0.134 e. The van der Waals surface area contributed by atoms with E-state index in [2.05, 4.69) is 16.9 Å². The van der Waals surface area contributed by atoms with E-state index >= 15 is 0 Å². The molecule has 1 atom stereocenters. The van der Waals surface area contributed by atoms with Gasteiger partial charge in [-0.15, -0.1) is 0 Å². The fraction of sp³-hybridized carbons (Fsp3) is 0.615. The van der Waals surface area contributed by atoms with Crippen LogP contribution in [-0.2, 0) is 10.2 Å². The van der Waals surface area contributed by atoms with Gasteiger partial charge in [-0.3, -0.25) is 0 Å². The standard InChI is InChI=1S/C13H18N2O2/c1-8(2)10(11(16)17)9-6-14-12(15-7-9)13(3)4-5-13/h6-8,10H,4-5H2,1-3H3,(H,16,17)/p-1. The van der Waals surface area contributed by atoms with Crippen molar-refractivity contribution in [3.8, 4) is 0 Å². The fourth-order valence-corrected chi connectivity index (χ4v) is 2.01. The number of carboxylic acids is 1. The molecule has 1 saturated carbocycles. The molecule has 2 rings (SSSR count). The zero-order valence-electron chi connectivity index (χ0n) is 10.4. The van der Waals surface area contributed by atoms with Crippen LogP contribution in [0.2, 0.25) is 0 Å². The summed E-state index contributed by atoms with van der Waals surface area (Å²) in [6, 6.07) is 0. The molecule has 0 radical (unpaired) electrons. The van der Waals surface area contributed by atoms with E-state index in [4.69, 9.17) is 0 Å². The topological polar surface area (TPSA) is 65.9 Å². The van der Waals surface area contributed by atoms with Gasteiger partial charge in [0.25, 0.3) is 0 Å². The fourth-order valence-electron chi connectivity index (χ4n) is 2.01. The summed E-state index contributed by atoms with van der Waals surface area (Å²) < 4.78 is 0. The zero-order chi connectivity index (χ0) is 12.6. The lowest BCUT2D eigenvalue weighted by Gasteiger charge is -2.22. The van der Waals surface area contributed by atoms with Gasteiger partial charge in [-0.2, -0.15) is 0 Å². The summed E-state index contributed by atoms with van der Waals surface area (Å²) in [5, 5.41) is 11.1. The minimum absolute atomic E-state index is 0.0223. The number of aromatic nitrogens is 2. The number of aliphatic carboxylic acids is 1. The van der Waals surface area contributed by atoms with Crippen molar-refractivity contribution in [3.63, 3.8) is 0 Å². The Hall–Kier alpha value is -1.45. The first-order valence-electron chi connectivity index (χ1n) is 5.97. The number of rotatable bonds is 4. The molecule has 0 saturated heterocycles. The van der Waals surface area contributed by atoms with E-state index in [1.165, 1.54) is 0 Å². The van der Waals surface area contributed by atoms with Gasteiger partial charge < -0.3 is 9.90 Å². The first kappa shape index (κ1) is 12.0. The van der Waals surface area contributed by atoms with E-state index < -0.39 is 11.9 Å².